The van der Waals surface area contributed by atoms with Gasteiger partial charge in [0.1, 0.15) is 24.3 Å². The van der Waals surface area contributed by atoms with Crippen LogP contribution >= 0.6 is 0 Å². The van der Waals surface area contributed by atoms with E-state index in [9.17, 15) is 5.11 Å². The zero-order chi connectivity index (χ0) is 17.6. The SMILES string of the molecule is Cc1ccccc1OCC(O)CN1CCN(Cc2nccn2C)CC1. The highest BCUT2D eigenvalue weighted by Crippen LogP contribution is 2.16. The Kier molecular flexibility index (Phi) is 6.07. The van der Waals surface area contributed by atoms with Crippen LogP contribution in [-0.4, -0.2) is 69.9 Å². The van der Waals surface area contributed by atoms with Gasteiger partial charge in [0.2, 0.25) is 0 Å². The van der Waals surface area contributed by atoms with Crippen LogP contribution in [0.2, 0.25) is 0 Å². The summed E-state index contributed by atoms with van der Waals surface area (Å²) in [6.45, 7) is 7.81. The van der Waals surface area contributed by atoms with Crippen LogP contribution < -0.4 is 4.74 Å². The fourth-order valence-corrected chi connectivity index (χ4v) is 3.13. The summed E-state index contributed by atoms with van der Waals surface area (Å²) in [7, 11) is 2.03. The lowest BCUT2D eigenvalue weighted by Gasteiger charge is -2.35. The Morgan fingerprint density at radius 2 is 1.88 bits per heavy atom. The van der Waals surface area contributed by atoms with Gasteiger partial charge >= 0.3 is 0 Å². The number of β-amino-alcohol motifs (C(OH)–C–C–N with tert-alkyl or cyclic N) is 1. The van der Waals surface area contributed by atoms with Gasteiger partial charge in [0.05, 0.1) is 6.54 Å². The van der Waals surface area contributed by atoms with Gasteiger partial charge in [0.25, 0.3) is 0 Å². The van der Waals surface area contributed by atoms with E-state index in [1.165, 1.54) is 0 Å². The summed E-state index contributed by atoms with van der Waals surface area (Å²) in [5.74, 6) is 1.95. The van der Waals surface area contributed by atoms with Gasteiger partial charge in [-0.25, -0.2) is 4.98 Å². The van der Waals surface area contributed by atoms with Crippen LogP contribution in [-0.2, 0) is 13.6 Å². The Morgan fingerprint density at radius 3 is 2.56 bits per heavy atom. The van der Waals surface area contributed by atoms with Gasteiger partial charge in [-0.1, -0.05) is 18.2 Å². The number of aromatic nitrogens is 2. The van der Waals surface area contributed by atoms with Gasteiger partial charge in [0.15, 0.2) is 0 Å². The second-order valence-corrected chi connectivity index (χ2v) is 6.76. The molecule has 0 spiro atoms. The molecule has 1 aliphatic rings. The van der Waals surface area contributed by atoms with Crippen LogP contribution in [0.3, 0.4) is 0 Å². The number of aliphatic hydroxyl groups is 1. The molecule has 3 rings (SSSR count). The number of rotatable bonds is 7. The Labute approximate surface area is 149 Å². The maximum Gasteiger partial charge on any atom is 0.122 e. The second kappa shape index (κ2) is 8.47. The van der Waals surface area contributed by atoms with Crippen molar-refractivity contribution in [2.75, 3.05) is 39.3 Å². The van der Waals surface area contributed by atoms with E-state index < -0.39 is 6.10 Å². The largest absolute Gasteiger partial charge is 0.491 e. The molecule has 0 amide bonds. The molecule has 1 saturated heterocycles. The minimum atomic E-state index is -0.472. The van der Waals surface area contributed by atoms with Crippen molar-refractivity contribution >= 4 is 0 Å². The van der Waals surface area contributed by atoms with Crippen molar-refractivity contribution < 1.29 is 9.84 Å². The van der Waals surface area contributed by atoms with E-state index in [4.69, 9.17) is 4.74 Å². The smallest absolute Gasteiger partial charge is 0.122 e. The van der Waals surface area contributed by atoms with Crippen LogP contribution in [0.4, 0.5) is 0 Å². The number of hydrogen-bond donors (Lipinski definition) is 1. The minimum absolute atomic E-state index is 0.332. The minimum Gasteiger partial charge on any atom is -0.491 e. The number of aryl methyl sites for hydroxylation is 2. The molecule has 136 valence electrons. The summed E-state index contributed by atoms with van der Waals surface area (Å²) < 4.78 is 7.81. The molecule has 1 N–H and O–H groups in total. The first-order valence-corrected chi connectivity index (χ1v) is 8.89. The maximum absolute atomic E-state index is 10.3. The zero-order valence-corrected chi connectivity index (χ0v) is 15.1. The number of aliphatic hydroxyl groups excluding tert-OH is 1. The second-order valence-electron chi connectivity index (χ2n) is 6.76. The third-order valence-electron chi connectivity index (χ3n) is 4.74. The Morgan fingerprint density at radius 1 is 1.16 bits per heavy atom. The van der Waals surface area contributed by atoms with E-state index in [1.807, 2.05) is 50.6 Å². The normalized spacial score (nSPS) is 17.6. The third kappa shape index (κ3) is 5.04. The van der Waals surface area contributed by atoms with E-state index in [2.05, 4.69) is 19.4 Å². The summed E-state index contributed by atoms with van der Waals surface area (Å²) in [6, 6.07) is 7.90. The molecule has 1 unspecified atom stereocenters. The first-order valence-electron chi connectivity index (χ1n) is 8.89. The first-order chi connectivity index (χ1) is 12.1. The van der Waals surface area contributed by atoms with Crippen molar-refractivity contribution in [2.45, 2.75) is 19.6 Å². The maximum atomic E-state index is 10.3. The molecular weight excluding hydrogens is 316 g/mol. The quantitative estimate of drug-likeness (QED) is 0.820. The Hall–Kier alpha value is -1.89. The third-order valence-corrected chi connectivity index (χ3v) is 4.74. The van der Waals surface area contributed by atoms with E-state index >= 15 is 0 Å². The zero-order valence-electron chi connectivity index (χ0n) is 15.1. The van der Waals surface area contributed by atoms with Crippen molar-refractivity contribution in [1.29, 1.82) is 0 Å². The highest BCUT2D eigenvalue weighted by Gasteiger charge is 2.20. The molecule has 1 aromatic carbocycles. The molecular formula is C19H28N4O2. The van der Waals surface area contributed by atoms with Crippen LogP contribution in [0.1, 0.15) is 11.4 Å². The number of benzene rings is 1. The molecule has 2 aromatic rings. The summed E-state index contributed by atoms with van der Waals surface area (Å²) in [5, 5.41) is 10.3. The van der Waals surface area contributed by atoms with Crippen molar-refractivity contribution in [1.82, 2.24) is 19.4 Å². The Balaban J connectivity index is 1.38. The lowest BCUT2D eigenvalue weighted by atomic mass is 10.2. The van der Waals surface area contributed by atoms with Gasteiger partial charge in [-0.3, -0.25) is 9.80 Å². The lowest BCUT2D eigenvalue weighted by molar-refractivity contribution is 0.0438. The van der Waals surface area contributed by atoms with Gasteiger partial charge in [-0.2, -0.15) is 0 Å². The molecule has 6 nitrogen and oxygen atoms in total. The van der Waals surface area contributed by atoms with Crippen LogP contribution in [0.5, 0.6) is 5.75 Å². The van der Waals surface area contributed by atoms with Crippen LogP contribution in [0.25, 0.3) is 0 Å². The molecule has 25 heavy (non-hydrogen) atoms. The van der Waals surface area contributed by atoms with Gasteiger partial charge < -0.3 is 14.4 Å². The fraction of sp³-hybridized carbons (Fsp3) is 0.526. The standard InChI is InChI=1S/C19H28N4O2/c1-16-5-3-4-6-18(16)25-15-17(24)13-22-9-11-23(12-10-22)14-19-20-7-8-21(19)2/h3-8,17,24H,9-15H2,1-2H3. The summed E-state index contributed by atoms with van der Waals surface area (Å²) >= 11 is 0. The molecule has 0 aliphatic carbocycles. The number of imidazole rings is 1. The predicted octanol–water partition coefficient (Wildman–Crippen LogP) is 1.29. The average molecular weight is 344 g/mol. The molecule has 1 fully saturated rings. The first kappa shape index (κ1) is 17.9. The van der Waals surface area contributed by atoms with Gasteiger partial charge in [0, 0.05) is 52.2 Å². The van der Waals surface area contributed by atoms with E-state index in [-0.39, 0.29) is 0 Å². The molecule has 1 aliphatic heterocycles. The van der Waals surface area contributed by atoms with Crippen molar-refractivity contribution in [2.24, 2.45) is 7.05 Å². The molecule has 0 saturated carbocycles. The molecule has 6 heteroatoms. The van der Waals surface area contributed by atoms with E-state index in [0.717, 1.165) is 49.9 Å². The molecule has 1 aromatic heterocycles. The number of piperazine rings is 1. The van der Waals surface area contributed by atoms with Crippen LogP contribution in [0, 0.1) is 6.92 Å². The lowest BCUT2D eigenvalue weighted by Crippen LogP contribution is -2.49. The molecule has 0 bridgehead atoms. The van der Waals surface area contributed by atoms with Gasteiger partial charge in [-0.15, -0.1) is 0 Å². The highest BCUT2D eigenvalue weighted by molar-refractivity contribution is 5.31. The van der Waals surface area contributed by atoms with E-state index in [1.54, 1.807) is 0 Å². The summed E-state index contributed by atoms with van der Waals surface area (Å²) in [6.07, 6.45) is 3.35. The van der Waals surface area contributed by atoms with Crippen molar-refractivity contribution in [3.05, 3.63) is 48.0 Å². The molecule has 2 heterocycles. The summed E-state index contributed by atoms with van der Waals surface area (Å²) in [4.78, 5) is 9.11. The van der Waals surface area contributed by atoms with Crippen LogP contribution in [0.15, 0.2) is 36.7 Å². The van der Waals surface area contributed by atoms with Crippen molar-refractivity contribution in [3.8, 4) is 5.75 Å². The van der Waals surface area contributed by atoms with E-state index in [0.29, 0.717) is 13.2 Å². The highest BCUT2D eigenvalue weighted by atomic mass is 16.5. The predicted molar refractivity (Wildman–Crippen MR) is 97.6 cm³/mol. The van der Waals surface area contributed by atoms with Crippen molar-refractivity contribution in [3.63, 3.8) is 0 Å². The number of hydrogen-bond acceptors (Lipinski definition) is 5. The monoisotopic (exact) mass is 344 g/mol. The fourth-order valence-electron chi connectivity index (χ4n) is 3.13. The topological polar surface area (TPSA) is 53.8 Å². The average Bonchev–Trinajstić information content (AvgIpc) is 3.01. The summed E-state index contributed by atoms with van der Waals surface area (Å²) in [5.41, 5.74) is 1.09. The number of nitrogens with zero attached hydrogens (tertiary/aromatic N) is 4. The molecule has 0 radical (unpaired) electrons. The molecule has 1 atom stereocenters. The van der Waals surface area contributed by atoms with Gasteiger partial charge in [-0.05, 0) is 18.6 Å². The number of para-hydroxylation sites is 1. The Bertz CT molecular complexity index is 665. The number of ether oxygens (including phenoxy) is 1.